The fraction of sp³-hybridized carbons (Fsp3) is 0.167. The average Bonchev–Trinajstić information content (AvgIpc) is 3.09. The summed E-state index contributed by atoms with van der Waals surface area (Å²) in [4.78, 5) is 14.2. The Labute approximate surface area is 151 Å². The molecule has 2 N–H and O–H groups in total. The monoisotopic (exact) mass is 378 g/mol. The zero-order valence-corrected chi connectivity index (χ0v) is 14.3. The Morgan fingerprint density at radius 2 is 1.96 bits per heavy atom. The molecule has 1 aliphatic heterocycles. The van der Waals surface area contributed by atoms with Gasteiger partial charge in [-0.25, -0.2) is 0 Å². The van der Waals surface area contributed by atoms with Crippen LogP contribution in [0.1, 0.15) is 12.6 Å². The number of rotatable bonds is 3. The van der Waals surface area contributed by atoms with Gasteiger partial charge in [-0.05, 0) is 35.9 Å². The molecule has 1 aromatic heterocycles. The van der Waals surface area contributed by atoms with E-state index in [1.807, 2.05) is 12.1 Å². The molecule has 0 unspecified atom stereocenters. The Balaban J connectivity index is 1.71. The van der Waals surface area contributed by atoms with Gasteiger partial charge in [0.05, 0.1) is 6.54 Å². The number of amides is 1. The van der Waals surface area contributed by atoms with E-state index in [1.54, 1.807) is 12.1 Å². The Morgan fingerprint density at radius 3 is 2.73 bits per heavy atom. The zero-order chi connectivity index (χ0) is 18.5. The molecule has 0 aliphatic carbocycles. The Morgan fingerprint density at radius 1 is 1.19 bits per heavy atom. The molecule has 134 valence electrons. The van der Waals surface area contributed by atoms with E-state index >= 15 is 0 Å². The first-order chi connectivity index (χ1) is 12.3. The minimum absolute atomic E-state index is 0.0200. The Hall–Kier alpha value is -2.80. The minimum Gasteiger partial charge on any atom is -0.395 e. The van der Waals surface area contributed by atoms with Crippen LogP contribution in [-0.4, -0.2) is 17.2 Å². The molecule has 3 aromatic rings. The number of ether oxygens (including phenoxy) is 2. The Kier molecular flexibility index (Phi) is 3.77. The molecule has 5 nitrogen and oxygen atoms in total. The molecule has 0 saturated heterocycles. The van der Waals surface area contributed by atoms with E-state index in [0.29, 0.717) is 22.7 Å². The summed E-state index contributed by atoms with van der Waals surface area (Å²) in [6.07, 6.45) is -3.66. The lowest BCUT2D eigenvalue weighted by molar-refractivity contribution is -0.286. The predicted octanol–water partition coefficient (Wildman–Crippen LogP) is 4.45. The van der Waals surface area contributed by atoms with Gasteiger partial charge in [-0.15, -0.1) is 8.78 Å². The van der Waals surface area contributed by atoms with Crippen molar-refractivity contribution in [3.63, 3.8) is 0 Å². The van der Waals surface area contributed by atoms with Crippen molar-refractivity contribution in [2.24, 2.45) is 0 Å². The van der Waals surface area contributed by atoms with Crippen LogP contribution < -0.4 is 14.8 Å². The molecule has 0 atom stereocenters. The Bertz CT molecular complexity index is 1030. The molecule has 0 spiro atoms. The van der Waals surface area contributed by atoms with E-state index in [-0.39, 0.29) is 17.4 Å². The number of hydrogen-bond donors (Lipinski definition) is 2. The van der Waals surface area contributed by atoms with Gasteiger partial charge in [-0.3, -0.25) is 4.79 Å². The highest BCUT2D eigenvalue weighted by Crippen LogP contribution is 2.44. The van der Waals surface area contributed by atoms with E-state index in [4.69, 9.17) is 11.6 Å². The third-order valence-electron chi connectivity index (χ3n) is 4.00. The normalized spacial score (nSPS) is 14.6. The van der Waals surface area contributed by atoms with Gasteiger partial charge in [0, 0.05) is 34.1 Å². The first-order valence-electron chi connectivity index (χ1n) is 7.76. The van der Waals surface area contributed by atoms with Gasteiger partial charge in [-0.2, -0.15) is 0 Å². The molecule has 2 heterocycles. The zero-order valence-electron chi connectivity index (χ0n) is 13.5. The minimum atomic E-state index is -3.66. The molecular formula is C18H13ClF2N2O3. The van der Waals surface area contributed by atoms with E-state index in [0.717, 1.165) is 16.6 Å². The summed E-state index contributed by atoms with van der Waals surface area (Å²) in [6, 6.07) is 10.0. The lowest BCUT2D eigenvalue weighted by Gasteiger charge is -2.06. The molecule has 26 heavy (non-hydrogen) atoms. The largest absolute Gasteiger partial charge is 0.586 e. The molecule has 1 amide bonds. The fourth-order valence-corrected chi connectivity index (χ4v) is 3.15. The first kappa shape index (κ1) is 16.7. The first-order valence-corrected chi connectivity index (χ1v) is 8.14. The highest BCUT2D eigenvalue weighted by Gasteiger charge is 2.43. The summed E-state index contributed by atoms with van der Waals surface area (Å²) in [7, 11) is 0. The summed E-state index contributed by atoms with van der Waals surface area (Å²) in [5, 5.41) is 4.06. The van der Waals surface area contributed by atoms with Crippen LogP contribution in [0.2, 0.25) is 5.02 Å². The van der Waals surface area contributed by atoms with Gasteiger partial charge in [0.15, 0.2) is 11.5 Å². The highest BCUT2D eigenvalue weighted by molar-refractivity contribution is 6.34. The number of H-pyrrole nitrogens is 1. The maximum absolute atomic E-state index is 13.2. The number of nitrogens with one attached hydrogen (secondary N) is 2. The molecule has 4 rings (SSSR count). The van der Waals surface area contributed by atoms with Gasteiger partial charge in [0.25, 0.3) is 0 Å². The maximum atomic E-state index is 13.2. The summed E-state index contributed by atoms with van der Waals surface area (Å²) >= 11 is 6.38. The second-order valence-electron chi connectivity index (χ2n) is 5.95. The quantitative estimate of drug-likeness (QED) is 0.708. The topological polar surface area (TPSA) is 63.4 Å². The van der Waals surface area contributed by atoms with E-state index in [2.05, 4.69) is 19.8 Å². The van der Waals surface area contributed by atoms with Crippen LogP contribution in [0.3, 0.4) is 0 Å². The fourth-order valence-electron chi connectivity index (χ4n) is 2.87. The van der Waals surface area contributed by atoms with E-state index in [9.17, 15) is 13.6 Å². The number of alkyl halides is 2. The summed E-state index contributed by atoms with van der Waals surface area (Å²) in [5.74, 6) is -0.186. The van der Waals surface area contributed by atoms with Crippen LogP contribution in [-0.2, 0) is 11.3 Å². The van der Waals surface area contributed by atoms with Crippen molar-refractivity contribution in [3.05, 3.63) is 47.1 Å². The van der Waals surface area contributed by atoms with Crippen LogP contribution in [0.15, 0.2) is 36.4 Å². The van der Waals surface area contributed by atoms with Crippen LogP contribution >= 0.6 is 11.6 Å². The van der Waals surface area contributed by atoms with Gasteiger partial charge in [-0.1, -0.05) is 17.7 Å². The number of aromatic nitrogens is 1. The molecule has 1 aliphatic rings. The van der Waals surface area contributed by atoms with Crippen LogP contribution in [0.5, 0.6) is 11.5 Å². The molecule has 8 heteroatoms. The third kappa shape index (κ3) is 3.06. The van der Waals surface area contributed by atoms with Crippen LogP contribution in [0, 0.1) is 0 Å². The molecule has 0 saturated carbocycles. The van der Waals surface area contributed by atoms with Crippen molar-refractivity contribution in [2.75, 3.05) is 0 Å². The summed E-state index contributed by atoms with van der Waals surface area (Å²) < 4.78 is 35.3. The average molecular weight is 379 g/mol. The standard InChI is InChI=1S/C18H13ClF2N2O3/c1-9(24)22-8-12-4-11-5-14(19)13(7-15(11)23-12)10-2-3-16-17(6-10)26-18(20,21)25-16/h2-7,23H,8H2,1H3,(H,22,24). The van der Waals surface area contributed by atoms with Crippen molar-refractivity contribution < 1.29 is 23.0 Å². The molecular weight excluding hydrogens is 366 g/mol. The number of carbonyl (C=O) groups is 1. The molecule has 0 fully saturated rings. The molecule has 2 aromatic carbocycles. The van der Waals surface area contributed by atoms with E-state index < -0.39 is 6.29 Å². The van der Waals surface area contributed by atoms with Gasteiger partial charge >= 0.3 is 6.29 Å². The predicted molar refractivity (Wildman–Crippen MR) is 92.5 cm³/mol. The van der Waals surface area contributed by atoms with Crippen molar-refractivity contribution >= 4 is 28.4 Å². The number of aromatic amines is 1. The van der Waals surface area contributed by atoms with Crippen molar-refractivity contribution in [3.8, 4) is 22.6 Å². The maximum Gasteiger partial charge on any atom is 0.586 e. The van der Waals surface area contributed by atoms with Crippen molar-refractivity contribution in [1.82, 2.24) is 10.3 Å². The van der Waals surface area contributed by atoms with Crippen LogP contribution in [0.4, 0.5) is 8.78 Å². The van der Waals surface area contributed by atoms with Gasteiger partial charge < -0.3 is 19.8 Å². The number of hydrogen-bond acceptors (Lipinski definition) is 3. The summed E-state index contributed by atoms with van der Waals surface area (Å²) in [5.41, 5.74) is 2.92. The lowest BCUT2D eigenvalue weighted by atomic mass is 10.0. The van der Waals surface area contributed by atoms with Gasteiger partial charge in [0.1, 0.15) is 0 Å². The number of benzene rings is 2. The highest BCUT2D eigenvalue weighted by atomic mass is 35.5. The third-order valence-corrected chi connectivity index (χ3v) is 4.32. The van der Waals surface area contributed by atoms with Gasteiger partial charge in [0.2, 0.25) is 5.91 Å². The van der Waals surface area contributed by atoms with Crippen molar-refractivity contribution in [2.45, 2.75) is 19.8 Å². The number of fused-ring (bicyclic) bond motifs is 2. The number of carbonyl (C=O) groups excluding carboxylic acids is 1. The SMILES string of the molecule is CC(=O)NCc1cc2cc(Cl)c(-c3ccc4c(c3)OC(F)(F)O4)cc2[nH]1. The van der Waals surface area contributed by atoms with Crippen LogP contribution in [0.25, 0.3) is 22.0 Å². The second-order valence-corrected chi connectivity index (χ2v) is 6.36. The molecule has 0 bridgehead atoms. The smallest absolute Gasteiger partial charge is 0.395 e. The second kappa shape index (κ2) is 5.88. The summed E-state index contributed by atoms with van der Waals surface area (Å²) in [6.45, 7) is 1.82. The molecule has 0 radical (unpaired) electrons. The lowest BCUT2D eigenvalue weighted by Crippen LogP contribution is -2.25. The number of halogens is 3. The van der Waals surface area contributed by atoms with Crippen molar-refractivity contribution in [1.29, 1.82) is 0 Å². The van der Waals surface area contributed by atoms with E-state index in [1.165, 1.54) is 19.1 Å².